The number of halogens is 2. The molecule has 34 heavy (non-hydrogen) atoms. The van der Waals surface area contributed by atoms with Gasteiger partial charge in [0.2, 0.25) is 5.91 Å². The van der Waals surface area contributed by atoms with E-state index in [0.717, 1.165) is 11.1 Å². The molecule has 1 saturated heterocycles. The van der Waals surface area contributed by atoms with E-state index in [2.05, 4.69) is 30.0 Å². The van der Waals surface area contributed by atoms with Gasteiger partial charge >= 0.3 is 0 Å². The minimum atomic E-state index is -0.353. The van der Waals surface area contributed by atoms with Crippen LogP contribution in [-0.2, 0) is 11.2 Å². The van der Waals surface area contributed by atoms with Gasteiger partial charge in [-0.15, -0.1) is 0 Å². The zero-order valence-corrected chi connectivity index (χ0v) is 21.1. The summed E-state index contributed by atoms with van der Waals surface area (Å²) in [5, 5.41) is 10.6. The second-order valence-electron chi connectivity index (χ2n) is 8.40. The second kappa shape index (κ2) is 10.1. The monoisotopic (exact) mass is 507 g/mol. The molecular weight excluding hydrogens is 485 g/mol. The van der Waals surface area contributed by atoms with Gasteiger partial charge in [0.1, 0.15) is 6.07 Å². The van der Waals surface area contributed by atoms with Crippen LogP contribution < -0.4 is 4.90 Å². The molecule has 1 amide bonds. The normalized spacial score (nSPS) is 19.1. The third-order valence-corrected chi connectivity index (χ3v) is 7.33. The number of nitrogens with zero attached hydrogens (tertiary/aromatic N) is 3. The molecule has 0 aliphatic carbocycles. The van der Waals surface area contributed by atoms with E-state index in [4.69, 9.17) is 35.4 Å². The zero-order valence-electron chi connectivity index (χ0n) is 18.8. The van der Waals surface area contributed by atoms with Crippen molar-refractivity contribution in [1.82, 2.24) is 4.90 Å². The standard InChI is InChI=1S/C27H23Cl2N3OS/c1-17(20-6-4-3-5-7-20)31-18(2)24(14-19-8-11-22(28)12-9-19)26(33)32(27(31)34)23-13-10-21(16-30)25(29)15-23/h3-13,15,17-18,24H,14H2,1-2H3/t17-,18+,24+/m0/s1. The van der Waals surface area contributed by atoms with E-state index < -0.39 is 0 Å². The summed E-state index contributed by atoms with van der Waals surface area (Å²) in [6, 6.07) is 24.5. The highest BCUT2D eigenvalue weighted by molar-refractivity contribution is 7.80. The fraction of sp³-hybridized carbons (Fsp3) is 0.222. The van der Waals surface area contributed by atoms with Gasteiger partial charge in [0.05, 0.1) is 28.2 Å². The number of hydrogen-bond donors (Lipinski definition) is 0. The zero-order chi connectivity index (χ0) is 24.4. The van der Waals surface area contributed by atoms with Crippen LogP contribution in [0.2, 0.25) is 10.0 Å². The van der Waals surface area contributed by atoms with E-state index in [1.54, 1.807) is 23.1 Å². The van der Waals surface area contributed by atoms with E-state index >= 15 is 0 Å². The third kappa shape index (κ3) is 4.67. The van der Waals surface area contributed by atoms with Crippen LogP contribution in [0.5, 0.6) is 0 Å². The number of nitriles is 1. The van der Waals surface area contributed by atoms with Crippen LogP contribution in [-0.4, -0.2) is 22.0 Å². The van der Waals surface area contributed by atoms with Crippen molar-refractivity contribution in [3.05, 3.63) is 99.5 Å². The summed E-state index contributed by atoms with van der Waals surface area (Å²) in [4.78, 5) is 17.5. The number of rotatable bonds is 5. The Morgan fingerprint density at radius 3 is 2.35 bits per heavy atom. The summed E-state index contributed by atoms with van der Waals surface area (Å²) >= 11 is 18.3. The molecule has 4 rings (SSSR count). The predicted molar refractivity (Wildman–Crippen MR) is 141 cm³/mol. The van der Waals surface area contributed by atoms with Crippen molar-refractivity contribution in [2.45, 2.75) is 32.4 Å². The van der Waals surface area contributed by atoms with Gasteiger partial charge in [0.15, 0.2) is 5.11 Å². The molecule has 0 saturated carbocycles. The topological polar surface area (TPSA) is 47.3 Å². The maximum Gasteiger partial charge on any atom is 0.238 e. The molecule has 0 spiro atoms. The van der Waals surface area contributed by atoms with Crippen molar-refractivity contribution in [3.8, 4) is 6.07 Å². The molecule has 3 aromatic rings. The summed E-state index contributed by atoms with van der Waals surface area (Å²) in [7, 11) is 0. The summed E-state index contributed by atoms with van der Waals surface area (Å²) < 4.78 is 0. The fourth-order valence-corrected chi connectivity index (χ4v) is 5.33. The van der Waals surface area contributed by atoms with Gasteiger partial charge in [-0.3, -0.25) is 9.69 Å². The summed E-state index contributed by atoms with van der Waals surface area (Å²) in [6.45, 7) is 4.14. The van der Waals surface area contributed by atoms with Gasteiger partial charge in [0, 0.05) is 11.1 Å². The van der Waals surface area contributed by atoms with Crippen LogP contribution in [0.25, 0.3) is 0 Å². The van der Waals surface area contributed by atoms with Crippen molar-refractivity contribution in [2.24, 2.45) is 5.92 Å². The molecule has 0 radical (unpaired) electrons. The van der Waals surface area contributed by atoms with Gasteiger partial charge < -0.3 is 4.90 Å². The van der Waals surface area contributed by atoms with Crippen molar-refractivity contribution < 1.29 is 4.79 Å². The van der Waals surface area contributed by atoms with Crippen molar-refractivity contribution in [1.29, 1.82) is 5.26 Å². The average molecular weight is 508 g/mol. The number of carbonyl (C=O) groups excluding carboxylic acids is 1. The molecule has 1 aliphatic heterocycles. The maximum atomic E-state index is 13.9. The lowest BCUT2D eigenvalue weighted by atomic mass is 9.87. The predicted octanol–water partition coefficient (Wildman–Crippen LogP) is 6.81. The first-order chi connectivity index (χ1) is 16.3. The van der Waals surface area contributed by atoms with E-state index in [1.165, 1.54) is 0 Å². The van der Waals surface area contributed by atoms with Crippen LogP contribution in [0.1, 0.15) is 36.6 Å². The molecule has 0 bridgehead atoms. The highest BCUT2D eigenvalue weighted by Gasteiger charge is 2.44. The van der Waals surface area contributed by atoms with Gasteiger partial charge in [0.25, 0.3) is 0 Å². The average Bonchev–Trinajstić information content (AvgIpc) is 2.83. The van der Waals surface area contributed by atoms with Crippen LogP contribution in [0, 0.1) is 17.2 Å². The number of carbonyl (C=O) groups is 1. The molecular formula is C27H23Cl2N3OS. The quantitative estimate of drug-likeness (QED) is 0.356. The van der Waals surface area contributed by atoms with Crippen LogP contribution >= 0.6 is 35.4 Å². The lowest BCUT2D eigenvalue weighted by molar-refractivity contribution is -0.124. The van der Waals surface area contributed by atoms with Crippen molar-refractivity contribution in [3.63, 3.8) is 0 Å². The third-order valence-electron chi connectivity index (χ3n) is 6.37. The van der Waals surface area contributed by atoms with E-state index in [-0.39, 0.29) is 28.9 Å². The lowest BCUT2D eigenvalue weighted by Crippen LogP contribution is -2.62. The highest BCUT2D eigenvalue weighted by atomic mass is 35.5. The summed E-state index contributed by atoms with van der Waals surface area (Å²) in [6.07, 6.45) is 0.540. The van der Waals surface area contributed by atoms with Crippen LogP contribution in [0.4, 0.5) is 5.69 Å². The SMILES string of the molecule is C[C@@H]1[C@@H](Cc2ccc(Cl)cc2)C(=O)N(c2ccc(C#N)c(Cl)c2)C(=S)N1[C@@H](C)c1ccccc1. The lowest BCUT2D eigenvalue weighted by Gasteiger charge is -2.48. The molecule has 1 aliphatic rings. The number of amides is 1. The molecule has 1 fully saturated rings. The Bertz CT molecular complexity index is 1260. The molecule has 3 aromatic carbocycles. The van der Waals surface area contributed by atoms with Gasteiger partial charge in [-0.25, -0.2) is 0 Å². The molecule has 7 heteroatoms. The summed E-state index contributed by atoms with van der Waals surface area (Å²) in [5.41, 5.74) is 3.03. The van der Waals surface area contributed by atoms with Crippen molar-refractivity contribution >= 4 is 52.1 Å². The minimum absolute atomic E-state index is 0.0547. The molecule has 0 unspecified atom stereocenters. The van der Waals surface area contributed by atoms with Crippen LogP contribution in [0.3, 0.4) is 0 Å². The first kappa shape index (κ1) is 24.2. The number of anilines is 1. The van der Waals surface area contributed by atoms with Gasteiger partial charge in [-0.1, -0.05) is 65.7 Å². The summed E-state index contributed by atoms with van der Waals surface area (Å²) in [5.74, 6) is -0.446. The highest BCUT2D eigenvalue weighted by Crippen LogP contribution is 2.37. The van der Waals surface area contributed by atoms with Crippen LogP contribution in [0.15, 0.2) is 72.8 Å². The van der Waals surface area contributed by atoms with E-state index in [1.807, 2.05) is 49.4 Å². The fourth-order valence-electron chi connectivity index (χ4n) is 4.46. The molecule has 1 heterocycles. The first-order valence-electron chi connectivity index (χ1n) is 11.0. The van der Waals surface area contributed by atoms with E-state index in [9.17, 15) is 10.1 Å². The Hall–Kier alpha value is -2.91. The molecule has 0 aromatic heterocycles. The largest absolute Gasteiger partial charge is 0.338 e. The second-order valence-corrected chi connectivity index (χ2v) is 9.61. The Kier molecular flexibility index (Phi) is 7.23. The van der Waals surface area contributed by atoms with Crippen molar-refractivity contribution in [2.75, 3.05) is 4.90 Å². The molecule has 4 nitrogen and oxygen atoms in total. The smallest absolute Gasteiger partial charge is 0.238 e. The Morgan fingerprint density at radius 2 is 1.74 bits per heavy atom. The number of hydrogen-bond acceptors (Lipinski definition) is 3. The Balaban J connectivity index is 1.77. The molecule has 3 atom stereocenters. The minimum Gasteiger partial charge on any atom is -0.338 e. The van der Waals surface area contributed by atoms with Gasteiger partial charge in [-0.05, 0) is 73.9 Å². The van der Waals surface area contributed by atoms with E-state index in [0.29, 0.717) is 27.8 Å². The number of benzene rings is 3. The first-order valence-corrected chi connectivity index (χ1v) is 12.1. The van der Waals surface area contributed by atoms with Gasteiger partial charge in [-0.2, -0.15) is 5.26 Å². The Morgan fingerprint density at radius 1 is 1.06 bits per heavy atom. The maximum absolute atomic E-state index is 13.9. The molecule has 172 valence electrons. The number of thiocarbonyl (C=S) groups is 1. The molecule has 0 N–H and O–H groups in total. The Labute approximate surface area is 215 Å².